The molecule has 0 saturated carbocycles. The topological polar surface area (TPSA) is 94.1 Å². The summed E-state index contributed by atoms with van der Waals surface area (Å²) in [6.07, 6.45) is 0. The van der Waals surface area contributed by atoms with Gasteiger partial charge in [-0.2, -0.15) is 4.98 Å². The van der Waals surface area contributed by atoms with Gasteiger partial charge in [-0.25, -0.2) is 0 Å². The molecule has 0 amide bonds. The van der Waals surface area contributed by atoms with E-state index >= 15 is 0 Å². The molecule has 2 rings (SSSR count). The summed E-state index contributed by atoms with van der Waals surface area (Å²) in [5.74, 6) is 0.988. The number of rotatable bonds is 4. The van der Waals surface area contributed by atoms with E-state index in [2.05, 4.69) is 15.5 Å². The fourth-order valence-electron chi connectivity index (χ4n) is 1.58. The molecule has 8 heteroatoms. The number of benzene rings is 1. The van der Waals surface area contributed by atoms with Crippen molar-refractivity contribution < 1.29 is 9.45 Å². The van der Waals surface area contributed by atoms with E-state index in [0.717, 1.165) is 5.56 Å². The first-order chi connectivity index (χ1) is 8.97. The Morgan fingerprint density at radius 1 is 1.47 bits per heavy atom. The van der Waals surface area contributed by atoms with Crippen LogP contribution in [0.3, 0.4) is 0 Å². The second-order valence-corrected chi connectivity index (χ2v) is 4.37. The smallest absolute Gasteiger partial charge is 0.288 e. The number of nitro benzene ring substituents is 1. The van der Waals surface area contributed by atoms with E-state index < -0.39 is 4.92 Å². The summed E-state index contributed by atoms with van der Waals surface area (Å²) in [7, 11) is 0. The van der Waals surface area contributed by atoms with Gasteiger partial charge in [0.05, 0.1) is 11.5 Å². The summed E-state index contributed by atoms with van der Waals surface area (Å²) >= 11 is 5.85. The van der Waals surface area contributed by atoms with Crippen molar-refractivity contribution in [1.29, 1.82) is 0 Å². The highest BCUT2D eigenvalue weighted by Crippen LogP contribution is 2.30. The van der Waals surface area contributed by atoms with E-state index in [1.54, 1.807) is 13.8 Å². The number of nitrogens with zero attached hydrogens (tertiary/aromatic N) is 3. The molecule has 1 N–H and O–H groups in total. The second kappa shape index (κ2) is 5.23. The zero-order valence-corrected chi connectivity index (χ0v) is 11.1. The number of nitro groups is 1. The van der Waals surface area contributed by atoms with Crippen molar-refractivity contribution in [2.24, 2.45) is 0 Å². The molecule has 1 aromatic heterocycles. The van der Waals surface area contributed by atoms with Crippen LogP contribution in [0.15, 0.2) is 16.7 Å². The van der Waals surface area contributed by atoms with Gasteiger partial charge >= 0.3 is 0 Å². The monoisotopic (exact) mass is 282 g/mol. The van der Waals surface area contributed by atoms with Crippen LogP contribution in [-0.2, 0) is 6.54 Å². The first-order valence-electron chi connectivity index (χ1n) is 5.45. The normalized spacial score (nSPS) is 10.5. The summed E-state index contributed by atoms with van der Waals surface area (Å²) in [6.45, 7) is 3.81. The third kappa shape index (κ3) is 3.00. The predicted octanol–water partition coefficient (Wildman–Crippen LogP) is 2.86. The Hall–Kier alpha value is -2.15. The number of anilines is 1. The molecule has 0 aliphatic carbocycles. The van der Waals surface area contributed by atoms with Crippen LogP contribution in [0.25, 0.3) is 0 Å². The maximum atomic E-state index is 10.7. The van der Waals surface area contributed by atoms with Crippen LogP contribution in [0.5, 0.6) is 0 Å². The minimum absolute atomic E-state index is 0.0855. The van der Waals surface area contributed by atoms with Crippen LogP contribution in [0.4, 0.5) is 11.4 Å². The Bertz CT molecular complexity index is 626. The summed E-state index contributed by atoms with van der Waals surface area (Å²) in [4.78, 5) is 14.3. The molecule has 0 spiro atoms. The molecule has 7 nitrogen and oxygen atoms in total. The van der Waals surface area contributed by atoms with Gasteiger partial charge in [-0.05, 0) is 18.6 Å². The molecule has 0 aliphatic heterocycles. The first kappa shape index (κ1) is 13.3. The lowest BCUT2D eigenvalue weighted by Gasteiger charge is -2.08. The zero-order valence-electron chi connectivity index (χ0n) is 10.3. The standard InChI is InChI=1S/C11H11ClN4O3/c1-6-3-10(16(17)18)8(12)4-9(6)13-5-11-14-7(2)19-15-11/h3-4,13H,5H2,1-2H3. The number of nitrogens with one attached hydrogen (secondary N) is 1. The summed E-state index contributed by atoms with van der Waals surface area (Å²) in [5, 5.41) is 17.6. The number of hydrogen-bond acceptors (Lipinski definition) is 6. The average molecular weight is 283 g/mol. The highest BCUT2D eigenvalue weighted by atomic mass is 35.5. The van der Waals surface area contributed by atoms with Gasteiger partial charge in [0.15, 0.2) is 5.82 Å². The lowest BCUT2D eigenvalue weighted by atomic mass is 10.2. The van der Waals surface area contributed by atoms with E-state index in [4.69, 9.17) is 16.1 Å². The number of halogens is 1. The number of aryl methyl sites for hydroxylation is 2. The molecule has 0 bridgehead atoms. The zero-order chi connectivity index (χ0) is 14.0. The minimum atomic E-state index is -0.512. The van der Waals surface area contributed by atoms with Crippen LogP contribution >= 0.6 is 11.6 Å². The third-order valence-corrected chi connectivity index (χ3v) is 2.80. The highest BCUT2D eigenvalue weighted by Gasteiger charge is 2.15. The molecule has 0 radical (unpaired) electrons. The van der Waals surface area contributed by atoms with Gasteiger partial charge in [0.2, 0.25) is 5.89 Å². The number of hydrogen-bond donors (Lipinski definition) is 1. The Balaban J connectivity index is 2.17. The van der Waals surface area contributed by atoms with Gasteiger partial charge in [-0.15, -0.1) is 0 Å². The summed E-state index contributed by atoms with van der Waals surface area (Å²) < 4.78 is 4.84. The predicted molar refractivity (Wildman–Crippen MR) is 69.2 cm³/mol. The highest BCUT2D eigenvalue weighted by molar-refractivity contribution is 6.33. The SMILES string of the molecule is Cc1nc(CNc2cc(Cl)c([N+](=O)[O-])cc2C)no1. The Labute approximate surface area is 113 Å². The summed E-state index contributed by atoms with van der Waals surface area (Å²) in [5.41, 5.74) is 1.30. The van der Waals surface area contributed by atoms with Crippen molar-refractivity contribution in [2.75, 3.05) is 5.32 Å². The van der Waals surface area contributed by atoms with Crippen molar-refractivity contribution in [2.45, 2.75) is 20.4 Å². The van der Waals surface area contributed by atoms with Gasteiger partial charge in [-0.3, -0.25) is 10.1 Å². The van der Waals surface area contributed by atoms with Crippen molar-refractivity contribution in [3.63, 3.8) is 0 Å². The van der Waals surface area contributed by atoms with Gasteiger partial charge < -0.3 is 9.84 Å². The molecule has 2 aromatic rings. The molecule has 0 saturated heterocycles. The first-order valence-corrected chi connectivity index (χ1v) is 5.83. The molecular weight excluding hydrogens is 272 g/mol. The van der Waals surface area contributed by atoms with Gasteiger partial charge in [-0.1, -0.05) is 16.8 Å². The fraction of sp³-hybridized carbons (Fsp3) is 0.273. The Kier molecular flexibility index (Phi) is 3.66. The van der Waals surface area contributed by atoms with Crippen molar-refractivity contribution in [3.05, 3.63) is 44.5 Å². The summed E-state index contributed by atoms with van der Waals surface area (Å²) in [6, 6.07) is 2.94. The average Bonchev–Trinajstić information content (AvgIpc) is 2.75. The maximum absolute atomic E-state index is 10.7. The molecule has 0 atom stereocenters. The molecule has 100 valence electrons. The van der Waals surface area contributed by atoms with E-state index in [1.165, 1.54) is 12.1 Å². The van der Waals surface area contributed by atoms with E-state index in [9.17, 15) is 10.1 Å². The van der Waals surface area contributed by atoms with Crippen molar-refractivity contribution in [3.8, 4) is 0 Å². The minimum Gasteiger partial charge on any atom is -0.377 e. The molecule has 19 heavy (non-hydrogen) atoms. The Morgan fingerprint density at radius 3 is 2.79 bits per heavy atom. The third-order valence-electron chi connectivity index (χ3n) is 2.50. The van der Waals surface area contributed by atoms with Crippen LogP contribution in [0.2, 0.25) is 5.02 Å². The maximum Gasteiger partial charge on any atom is 0.288 e. The molecule has 1 aromatic carbocycles. The van der Waals surface area contributed by atoms with Gasteiger partial charge in [0.25, 0.3) is 5.69 Å². The van der Waals surface area contributed by atoms with Crippen LogP contribution in [0.1, 0.15) is 17.3 Å². The lowest BCUT2D eigenvalue weighted by Crippen LogP contribution is -2.03. The quantitative estimate of drug-likeness (QED) is 0.684. The van der Waals surface area contributed by atoms with E-state index in [-0.39, 0.29) is 10.7 Å². The fourth-order valence-corrected chi connectivity index (χ4v) is 1.82. The van der Waals surface area contributed by atoms with E-state index in [1.807, 2.05) is 0 Å². The molecule has 0 aliphatic rings. The molecule has 0 unspecified atom stereocenters. The molecule has 0 fully saturated rings. The van der Waals surface area contributed by atoms with Crippen molar-refractivity contribution >= 4 is 23.0 Å². The van der Waals surface area contributed by atoms with Crippen molar-refractivity contribution in [1.82, 2.24) is 10.1 Å². The van der Waals surface area contributed by atoms with E-state index in [0.29, 0.717) is 23.9 Å². The molecular formula is C11H11ClN4O3. The largest absolute Gasteiger partial charge is 0.377 e. The second-order valence-electron chi connectivity index (χ2n) is 3.96. The van der Waals surface area contributed by atoms with Gasteiger partial charge in [0.1, 0.15) is 5.02 Å². The van der Waals surface area contributed by atoms with Gasteiger partial charge in [0, 0.05) is 18.7 Å². The molecule has 1 heterocycles. The van der Waals surface area contributed by atoms with Crippen LogP contribution < -0.4 is 5.32 Å². The Morgan fingerprint density at radius 2 is 2.21 bits per heavy atom. The lowest BCUT2D eigenvalue weighted by molar-refractivity contribution is -0.384. The van der Waals surface area contributed by atoms with Crippen LogP contribution in [-0.4, -0.2) is 15.1 Å². The number of aromatic nitrogens is 2. The van der Waals surface area contributed by atoms with Crippen LogP contribution in [0, 0.1) is 24.0 Å².